The van der Waals surface area contributed by atoms with Gasteiger partial charge in [-0.2, -0.15) is 0 Å². The van der Waals surface area contributed by atoms with Gasteiger partial charge in [0.2, 0.25) is 0 Å². The summed E-state index contributed by atoms with van der Waals surface area (Å²) in [4.78, 5) is 13.5. The van der Waals surface area contributed by atoms with Gasteiger partial charge in [0, 0.05) is 38.2 Å². The van der Waals surface area contributed by atoms with Crippen LogP contribution in [0, 0.1) is 0 Å². The maximum absolute atomic E-state index is 12.5. The van der Waals surface area contributed by atoms with Gasteiger partial charge in [-0.15, -0.1) is 0 Å². The fourth-order valence-corrected chi connectivity index (χ4v) is 1.83. The largest absolute Gasteiger partial charge is 0.314 e. The number of carbonyl (C=O) groups excluding carboxylic acids is 1. The number of ketones is 1. The van der Waals surface area contributed by atoms with E-state index in [4.69, 9.17) is 0 Å². The summed E-state index contributed by atoms with van der Waals surface area (Å²) in [6, 6.07) is 0. The van der Waals surface area contributed by atoms with Gasteiger partial charge in [-0.3, -0.25) is 9.69 Å². The molecule has 0 atom stereocenters. The van der Waals surface area contributed by atoms with Crippen molar-refractivity contribution >= 4 is 5.78 Å². The van der Waals surface area contributed by atoms with Gasteiger partial charge in [0.25, 0.3) is 5.92 Å². The number of Topliss-reactive ketones (excluding diaryl/α,β-unsaturated/α-hetero) is 1. The molecule has 15 heavy (non-hydrogen) atoms. The quantitative estimate of drug-likeness (QED) is 0.742. The van der Waals surface area contributed by atoms with Crippen LogP contribution in [0.4, 0.5) is 8.78 Å². The number of halogens is 2. The van der Waals surface area contributed by atoms with Crippen LogP contribution >= 0.6 is 0 Å². The predicted molar refractivity (Wildman–Crippen MR) is 52.0 cm³/mol. The third kappa shape index (κ3) is 2.60. The standard InChI is InChI=1S/C10H14F2N2O/c11-10(12)5-8(6-10)9(15)7-14-3-1-13-2-4-14/h5,13H,1-4,6-7H2. The highest BCUT2D eigenvalue weighted by Crippen LogP contribution is 2.35. The number of rotatable bonds is 3. The highest BCUT2D eigenvalue weighted by atomic mass is 19.3. The molecule has 1 aliphatic heterocycles. The van der Waals surface area contributed by atoms with Gasteiger partial charge in [0.1, 0.15) is 0 Å². The Morgan fingerprint density at radius 2 is 2.07 bits per heavy atom. The first-order chi connectivity index (χ1) is 7.07. The van der Waals surface area contributed by atoms with Crippen molar-refractivity contribution in [1.82, 2.24) is 10.2 Å². The Morgan fingerprint density at radius 1 is 1.47 bits per heavy atom. The minimum Gasteiger partial charge on any atom is -0.314 e. The lowest BCUT2D eigenvalue weighted by atomic mass is 9.91. The van der Waals surface area contributed by atoms with Crippen molar-refractivity contribution < 1.29 is 13.6 Å². The van der Waals surface area contributed by atoms with E-state index in [0.717, 1.165) is 32.3 Å². The smallest absolute Gasteiger partial charge is 0.271 e. The van der Waals surface area contributed by atoms with Gasteiger partial charge in [-0.05, 0) is 6.08 Å². The highest BCUT2D eigenvalue weighted by Gasteiger charge is 2.39. The van der Waals surface area contributed by atoms with E-state index in [1.165, 1.54) is 0 Å². The highest BCUT2D eigenvalue weighted by molar-refractivity contribution is 5.98. The third-order valence-corrected chi connectivity index (χ3v) is 2.75. The molecule has 0 saturated carbocycles. The van der Waals surface area contributed by atoms with Crippen molar-refractivity contribution in [2.45, 2.75) is 12.3 Å². The molecule has 0 spiro atoms. The van der Waals surface area contributed by atoms with Crippen molar-refractivity contribution in [3.8, 4) is 0 Å². The molecule has 2 rings (SSSR count). The van der Waals surface area contributed by atoms with Crippen molar-refractivity contribution in [2.24, 2.45) is 0 Å². The van der Waals surface area contributed by atoms with E-state index in [2.05, 4.69) is 5.32 Å². The first kappa shape index (κ1) is 10.7. The van der Waals surface area contributed by atoms with Crippen LogP contribution < -0.4 is 5.32 Å². The Labute approximate surface area is 87.1 Å². The second-order valence-electron chi connectivity index (χ2n) is 4.06. The van der Waals surface area contributed by atoms with Crippen LogP contribution in [-0.2, 0) is 4.79 Å². The molecule has 0 amide bonds. The number of nitrogens with zero attached hydrogens (tertiary/aromatic N) is 1. The zero-order chi connectivity index (χ0) is 10.9. The normalized spacial score (nSPS) is 25.6. The number of alkyl halides is 2. The van der Waals surface area contributed by atoms with E-state index >= 15 is 0 Å². The van der Waals surface area contributed by atoms with Crippen LogP contribution in [0.2, 0.25) is 0 Å². The molecular weight excluding hydrogens is 202 g/mol. The van der Waals surface area contributed by atoms with Crippen LogP contribution in [0.15, 0.2) is 11.6 Å². The fraction of sp³-hybridized carbons (Fsp3) is 0.700. The van der Waals surface area contributed by atoms with Gasteiger partial charge < -0.3 is 5.32 Å². The predicted octanol–water partition coefficient (Wildman–Crippen LogP) is 0.426. The lowest BCUT2D eigenvalue weighted by Crippen LogP contribution is -2.46. The van der Waals surface area contributed by atoms with E-state index in [9.17, 15) is 13.6 Å². The van der Waals surface area contributed by atoms with Crippen LogP contribution in [0.5, 0.6) is 0 Å². The Hall–Kier alpha value is -0.810. The lowest BCUT2D eigenvalue weighted by Gasteiger charge is -2.29. The summed E-state index contributed by atoms with van der Waals surface area (Å²) in [5, 5.41) is 3.17. The molecule has 0 aromatic rings. The Kier molecular flexibility index (Phi) is 2.84. The van der Waals surface area contributed by atoms with Crippen molar-refractivity contribution in [2.75, 3.05) is 32.7 Å². The second kappa shape index (κ2) is 3.98. The third-order valence-electron chi connectivity index (χ3n) is 2.75. The number of allylic oxidation sites excluding steroid dienone is 1. The SMILES string of the molecule is O=C(CN1CCNCC1)C1=CC(F)(F)C1. The monoisotopic (exact) mass is 216 g/mol. The minimum atomic E-state index is -2.74. The summed E-state index contributed by atoms with van der Waals surface area (Å²) in [5.74, 6) is -2.89. The summed E-state index contributed by atoms with van der Waals surface area (Å²) in [6.45, 7) is 3.64. The van der Waals surface area contributed by atoms with Gasteiger partial charge in [0.05, 0.1) is 6.54 Å². The number of nitrogens with one attached hydrogen (secondary N) is 1. The Balaban J connectivity index is 1.83. The molecule has 3 nitrogen and oxygen atoms in total. The average Bonchev–Trinajstić information content (AvgIpc) is 2.15. The van der Waals surface area contributed by atoms with E-state index in [1.807, 2.05) is 4.90 Å². The van der Waals surface area contributed by atoms with Crippen molar-refractivity contribution in [3.05, 3.63) is 11.6 Å². The van der Waals surface area contributed by atoms with E-state index in [1.54, 1.807) is 0 Å². The second-order valence-corrected chi connectivity index (χ2v) is 4.06. The average molecular weight is 216 g/mol. The molecule has 1 aliphatic carbocycles. The molecule has 1 heterocycles. The first-order valence-corrected chi connectivity index (χ1v) is 5.13. The first-order valence-electron chi connectivity index (χ1n) is 5.13. The fourth-order valence-electron chi connectivity index (χ4n) is 1.83. The maximum Gasteiger partial charge on any atom is 0.271 e. The topological polar surface area (TPSA) is 32.3 Å². The number of piperazine rings is 1. The summed E-state index contributed by atoms with van der Waals surface area (Å²) < 4.78 is 24.9. The molecule has 1 N–H and O–H groups in total. The summed E-state index contributed by atoms with van der Waals surface area (Å²) >= 11 is 0. The zero-order valence-electron chi connectivity index (χ0n) is 8.43. The van der Waals surface area contributed by atoms with Gasteiger partial charge in [0.15, 0.2) is 5.78 Å². The van der Waals surface area contributed by atoms with Gasteiger partial charge >= 0.3 is 0 Å². The number of hydrogen-bond acceptors (Lipinski definition) is 3. The van der Waals surface area contributed by atoms with E-state index in [0.29, 0.717) is 5.57 Å². The molecule has 2 aliphatic rings. The molecule has 84 valence electrons. The molecule has 1 saturated heterocycles. The van der Waals surface area contributed by atoms with Crippen LogP contribution in [-0.4, -0.2) is 49.3 Å². The summed E-state index contributed by atoms with van der Waals surface area (Å²) in [6.07, 6.45) is 0.412. The van der Waals surface area contributed by atoms with Gasteiger partial charge in [-0.25, -0.2) is 8.78 Å². The van der Waals surface area contributed by atoms with Crippen LogP contribution in [0.3, 0.4) is 0 Å². The molecule has 5 heteroatoms. The Morgan fingerprint density at radius 3 is 2.60 bits per heavy atom. The molecule has 0 unspecified atom stereocenters. The lowest BCUT2D eigenvalue weighted by molar-refractivity contribution is -0.118. The van der Waals surface area contributed by atoms with E-state index in [-0.39, 0.29) is 18.7 Å². The van der Waals surface area contributed by atoms with Crippen molar-refractivity contribution in [3.63, 3.8) is 0 Å². The maximum atomic E-state index is 12.5. The van der Waals surface area contributed by atoms with Crippen LogP contribution in [0.1, 0.15) is 6.42 Å². The molecule has 0 radical (unpaired) electrons. The number of hydrogen-bond donors (Lipinski definition) is 1. The van der Waals surface area contributed by atoms with E-state index < -0.39 is 5.92 Å². The van der Waals surface area contributed by atoms with Crippen LogP contribution in [0.25, 0.3) is 0 Å². The number of carbonyl (C=O) groups is 1. The summed E-state index contributed by atoms with van der Waals surface area (Å²) in [7, 11) is 0. The molecule has 0 aromatic carbocycles. The summed E-state index contributed by atoms with van der Waals surface area (Å²) in [5.41, 5.74) is 0.290. The minimum absolute atomic E-state index is 0.150. The molecule has 0 aromatic heterocycles. The van der Waals surface area contributed by atoms with Crippen molar-refractivity contribution in [1.29, 1.82) is 0 Å². The zero-order valence-corrected chi connectivity index (χ0v) is 8.43. The molecular formula is C10H14F2N2O. The molecule has 1 fully saturated rings. The molecule has 0 bridgehead atoms. The van der Waals surface area contributed by atoms with Gasteiger partial charge in [-0.1, -0.05) is 0 Å². The Bertz CT molecular complexity index is 296.